The van der Waals surface area contributed by atoms with E-state index in [9.17, 15) is 5.11 Å². The van der Waals surface area contributed by atoms with Crippen LogP contribution in [0.15, 0.2) is 48.8 Å². The first-order valence-electron chi connectivity index (χ1n) is 9.18. The number of phenols is 1. The largest absolute Gasteiger partial charge is 0.508 e. The predicted molar refractivity (Wildman–Crippen MR) is 103 cm³/mol. The molecule has 0 radical (unpaired) electrons. The molecule has 1 saturated carbocycles. The van der Waals surface area contributed by atoms with Gasteiger partial charge in [-0.2, -0.15) is 0 Å². The molecule has 4 rings (SSSR count). The molecule has 25 heavy (non-hydrogen) atoms. The Morgan fingerprint density at radius 2 is 2.00 bits per heavy atom. The number of fused-ring (bicyclic) bond motifs is 2. The second kappa shape index (κ2) is 7.76. The van der Waals surface area contributed by atoms with E-state index in [0.717, 1.165) is 13.0 Å². The van der Waals surface area contributed by atoms with E-state index in [4.69, 9.17) is 0 Å². The van der Waals surface area contributed by atoms with Gasteiger partial charge in [0.2, 0.25) is 0 Å². The fraction of sp³-hybridized carbons (Fsp3) is 0.476. The first kappa shape index (κ1) is 18.2. The van der Waals surface area contributed by atoms with E-state index in [1.807, 2.05) is 24.5 Å². The van der Waals surface area contributed by atoms with Crippen molar-refractivity contribution in [1.82, 2.24) is 9.88 Å². The van der Waals surface area contributed by atoms with Crippen LogP contribution in [0.25, 0.3) is 0 Å². The summed E-state index contributed by atoms with van der Waals surface area (Å²) < 4.78 is 0. The van der Waals surface area contributed by atoms with Crippen LogP contribution in [0.2, 0.25) is 0 Å². The molecule has 2 heterocycles. The van der Waals surface area contributed by atoms with Gasteiger partial charge in [-0.1, -0.05) is 18.6 Å². The highest BCUT2D eigenvalue weighted by molar-refractivity contribution is 5.85. The number of aromatic nitrogens is 1. The van der Waals surface area contributed by atoms with E-state index >= 15 is 0 Å². The molecule has 2 fully saturated rings. The lowest BCUT2D eigenvalue weighted by atomic mass is 9.63. The standard InChI is InChI=1S/C21H26N2O.ClH/c24-20-5-1-3-18(15-20)21-9-2-4-19(16-21)23(14-10-21)13-8-17-6-11-22-12-7-17;/h1,3,5-7,11-12,15,19,24H,2,4,8-10,13-14,16H2;1H/t19-,21+;/m1./s1. The average molecular weight is 359 g/mol. The third-order valence-electron chi connectivity index (χ3n) is 6.11. The summed E-state index contributed by atoms with van der Waals surface area (Å²) in [4.78, 5) is 6.80. The van der Waals surface area contributed by atoms with Crippen LogP contribution in [0.5, 0.6) is 5.75 Å². The Kier molecular flexibility index (Phi) is 5.65. The number of pyridine rings is 1. The second-order valence-corrected chi connectivity index (χ2v) is 7.47. The number of rotatable bonds is 4. The van der Waals surface area contributed by atoms with Crippen molar-refractivity contribution < 1.29 is 5.11 Å². The highest BCUT2D eigenvalue weighted by atomic mass is 35.5. The number of phenolic OH excluding ortho intramolecular Hbond substituents is 1. The van der Waals surface area contributed by atoms with Crippen LogP contribution in [-0.4, -0.2) is 34.1 Å². The number of piperidine rings is 1. The van der Waals surface area contributed by atoms with Gasteiger partial charge in [-0.25, -0.2) is 0 Å². The van der Waals surface area contributed by atoms with Gasteiger partial charge in [-0.15, -0.1) is 12.4 Å². The number of likely N-dealkylation sites (tertiary alicyclic amines) is 1. The van der Waals surface area contributed by atoms with Crippen LogP contribution in [0.1, 0.15) is 43.2 Å². The van der Waals surface area contributed by atoms with Gasteiger partial charge in [-0.3, -0.25) is 9.88 Å². The van der Waals surface area contributed by atoms with E-state index in [2.05, 4.69) is 28.1 Å². The molecule has 2 bridgehead atoms. The summed E-state index contributed by atoms with van der Waals surface area (Å²) in [5, 5.41) is 9.88. The number of nitrogens with zero attached hydrogens (tertiary/aromatic N) is 2. The van der Waals surface area contributed by atoms with Crippen LogP contribution in [0.3, 0.4) is 0 Å². The maximum absolute atomic E-state index is 9.88. The van der Waals surface area contributed by atoms with Crippen molar-refractivity contribution in [2.45, 2.75) is 50.0 Å². The van der Waals surface area contributed by atoms with E-state index in [0.29, 0.717) is 11.8 Å². The molecule has 4 heteroatoms. The minimum absolute atomic E-state index is 0. The first-order valence-corrected chi connectivity index (χ1v) is 9.18. The van der Waals surface area contributed by atoms with Crippen molar-refractivity contribution in [3.63, 3.8) is 0 Å². The fourth-order valence-corrected chi connectivity index (χ4v) is 4.77. The molecule has 1 aromatic carbocycles. The number of benzene rings is 1. The lowest BCUT2D eigenvalue weighted by Gasteiger charge is -2.51. The van der Waals surface area contributed by atoms with E-state index in [1.165, 1.54) is 49.8 Å². The van der Waals surface area contributed by atoms with E-state index in [-0.39, 0.29) is 17.8 Å². The summed E-state index contributed by atoms with van der Waals surface area (Å²) in [5.74, 6) is 0.407. The van der Waals surface area contributed by atoms with Crippen molar-refractivity contribution in [1.29, 1.82) is 0 Å². The minimum Gasteiger partial charge on any atom is -0.508 e. The zero-order valence-electron chi connectivity index (χ0n) is 14.6. The number of aromatic hydroxyl groups is 1. The summed E-state index contributed by atoms with van der Waals surface area (Å²) in [5.41, 5.74) is 3.01. The van der Waals surface area contributed by atoms with Crippen LogP contribution in [-0.2, 0) is 11.8 Å². The lowest BCUT2D eigenvalue weighted by molar-refractivity contribution is 0.0524. The van der Waals surface area contributed by atoms with Gasteiger partial charge in [0.1, 0.15) is 5.75 Å². The monoisotopic (exact) mass is 358 g/mol. The maximum Gasteiger partial charge on any atom is 0.115 e. The third-order valence-corrected chi connectivity index (χ3v) is 6.11. The van der Waals surface area contributed by atoms with Gasteiger partial charge in [0.25, 0.3) is 0 Å². The van der Waals surface area contributed by atoms with Gasteiger partial charge in [0.05, 0.1) is 0 Å². The Morgan fingerprint density at radius 1 is 1.16 bits per heavy atom. The summed E-state index contributed by atoms with van der Waals surface area (Å²) in [6.07, 6.45) is 11.2. The predicted octanol–water partition coefficient (Wildman–Crippen LogP) is 4.34. The number of halogens is 1. The number of hydrogen-bond donors (Lipinski definition) is 1. The molecule has 3 nitrogen and oxygen atoms in total. The molecule has 2 aromatic rings. The average Bonchev–Trinajstić information content (AvgIpc) is 2.62. The molecule has 1 aliphatic carbocycles. The normalized spacial score (nSPS) is 26.0. The SMILES string of the molecule is Cl.Oc1cccc([C@]23CCC[C@H](C2)N(CCc2ccncc2)CC3)c1. The van der Waals surface area contributed by atoms with Crippen molar-refractivity contribution >= 4 is 12.4 Å². The molecule has 1 aromatic heterocycles. The summed E-state index contributed by atoms with van der Waals surface area (Å²) in [7, 11) is 0. The summed E-state index contributed by atoms with van der Waals surface area (Å²) in [6.45, 7) is 2.32. The number of hydrogen-bond acceptors (Lipinski definition) is 3. The van der Waals surface area contributed by atoms with Crippen molar-refractivity contribution in [3.05, 3.63) is 59.9 Å². The Morgan fingerprint density at radius 3 is 2.80 bits per heavy atom. The molecule has 134 valence electrons. The summed E-state index contributed by atoms with van der Waals surface area (Å²) >= 11 is 0. The van der Waals surface area contributed by atoms with E-state index in [1.54, 1.807) is 6.07 Å². The van der Waals surface area contributed by atoms with Crippen LogP contribution in [0.4, 0.5) is 0 Å². The molecule has 2 aliphatic rings. The molecule has 2 atom stereocenters. The van der Waals surface area contributed by atoms with Crippen LogP contribution >= 0.6 is 12.4 Å². The van der Waals surface area contributed by atoms with Crippen LogP contribution < -0.4 is 0 Å². The summed E-state index contributed by atoms with van der Waals surface area (Å²) in [6, 6.07) is 12.9. The van der Waals surface area contributed by atoms with Crippen molar-refractivity contribution in [2.75, 3.05) is 13.1 Å². The molecule has 1 saturated heterocycles. The van der Waals surface area contributed by atoms with Gasteiger partial charge in [0.15, 0.2) is 0 Å². The highest BCUT2D eigenvalue weighted by Crippen LogP contribution is 2.47. The van der Waals surface area contributed by atoms with E-state index < -0.39 is 0 Å². The van der Waals surface area contributed by atoms with Crippen molar-refractivity contribution in [2.24, 2.45) is 0 Å². The molecule has 0 amide bonds. The molecular weight excluding hydrogens is 332 g/mol. The molecule has 1 N–H and O–H groups in total. The quantitative estimate of drug-likeness (QED) is 0.883. The van der Waals surface area contributed by atoms with Gasteiger partial charge in [0, 0.05) is 25.0 Å². The molecular formula is C21H27ClN2O. The lowest BCUT2D eigenvalue weighted by Crippen LogP contribution is -2.52. The topological polar surface area (TPSA) is 36.4 Å². The Bertz CT molecular complexity index is 693. The molecule has 0 spiro atoms. The zero-order chi connectivity index (χ0) is 16.4. The Hall–Kier alpha value is -1.58. The van der Waals surface area contributed by atoms with Crippen molar-refractivity contribution in [3.8, 4) is 5.75 Å². The Balaban J connectivity index is 0.00000182. The van der Waals surface area contributed by atoms with Gasteiger partial charge < -0.3 is 5.11 Å². The highest BCUT2D eigenvalue weighted by Gasteiger charge is 2.43. The smallest absolute Gasteiger partial charge is 0.115 e. The maximum atomic E-state index is 9.88. The second-order valence-electron chi connectivity index (χ2n) is 7.47. The zero-order valence-corrected chi connectivity index (χ0v) is 15.4. The van der Waals surface area contributed by atoms with Gasteiger partial charge in [-0.05, 0) is 79.5 Å². The molecule has 0 unspecified atom stereocenters. The van der Waals surface area contributed by atoms with Crippen LogP contribution in [0, 0.1) is 0 Å². The Labute approximate surface area is 156 Å². The molecule has 1 aliphatic heterocycles. The first-order chi connectivity index (χ1) is 11.8. The van der Waals surface area contributed by atoms with Gasteiger partial charge >= 0.3 is 0 Å². The third kappa shape index (κ3) is 3.83. The minimum atomic E-state index is 0. The fourth-order valence-electron chi connectivity index (χ4n) is 4.77.